The van der Waals surface area contributed by atoms with E-state index in [0.717, 1.165) is 44.2 Å². The van der Waals surface area contributed by atoms with E-state index in [4.69, 9.17) is 0 Å². The van der Waals surface area contributed by atoms with Gasteiger partial charge < -0.3 is 5.32 Å². The van der Waals surface area contributed by atoms with Gasteiger partial charge in [-0.05, 0) is 29.5 Å². The van der Waals surface area contributed by atoms with E-state index in [1.165, 1.54) is 5.56 Å². The molecule has 1 fully saturated rings. The lowest BCUT2D eigenvalue weighted by molar-refractivity contribution is 0.226. The van der Waals surface area contributed by atoms with Gasteiger partial charge in [-0.2, -0.15) is 4.68 Å². The first-order valence-corrected chi connectivity index (χ1v) is 6.60. The van der Waals surface area contributed by atoms with Crippen molar-refractivity contribution in [1.29, 1.82) is 0 Å². The van der Waals surface area contributed by atoms with E-state index in [0.29, 0.717) is 0 Å². The summed E-state index contributed by atoms with van der Waals surface area (Å²) in [6.45, 7) is 7.02. The standard InChI is InChI=1S/C13H18N6/c1-11-2-4-12(5-3-11)19-13(15-16-17-19)10-18-8-6-14-7-9-18/h2-5,14H,6-10H2,1H3. The van der Waals surface area contributed by atoms with Crippen molar-refractivity contribution in [2.75, 3.05) is 26.2 Å². The maximum atomic E-state index is 4.15. The minimum atomic E-state index is 0.794. The second-order valence-corrected chi connectivity index (χ2v) is 4.87. The number of benzene rings is 1. The van der Waals surface area contributed by atoms with E-state index in [1.807, 2.05) is 16.8 Å². The number of hydrogen-bond donors (Lipinski definition) is 1. The van der Waals surface area contributed by atoms with Crippen LogP contribution in [0.25, 0.3) is 5.69 Å². The van der Waals surface area contributed by atoms with Crippen molar-refractivity contribution in [3.8, 4) is 5.69 Å². The van der Waals surface area contributed by atoms with Gasteiger partial charge in [0.05, 0.1) is 12.2 Å². The SMILES string of the molecule is Cc1ccc(-n2nnnc2CN2CCNCC2)cc1. The highest BCUT2D eigenvalue weighted by molar-refractivity contribution is 5.33. The van der Waals surface area contributed by atoms with Gasteiger partial charge in [-0.1, -0.05) is 17.7 Å². The molecule has 2 heterocycles. The van der Waals surface area contributed by atoms with Crippen molar-refractivity contribution in [1.82, 2.24) is 30.4 Å². The molecule has 6 nitrogen and oxygen atoms in total. The zero-order valence-electron chi connectivity index (χ0n) is 11.1. The molecule has 0 spiro atoms. The molecule has 0 amide bonds. The van der Waals surface area contributed by atoms with Crippen molar-refractivity contribution in [2.45, 2.75) is 13.5 Å². The van der Waals surface area contributed by atoms with Crippen molar-refractivity contribution in [3.63, 3.8) is 0 Å². The number of tetrazole rings is 1. The Morgan fingerprint density at radius 3 is 2.63 bits per heavy atom. The van der Waals surface area contributed by atoms with Crippen LogP contribution < -0.4 is 5.32 Å². The Bertz CT molecular complexity index is 526. The van der Waals surface area contributed by atoms with Gasteiger partial charge in [0.15, 0.2) is 5.82 Å². The highest BCUT2D eigenvalue weighted by Crippen LogP contribution is 2.11. The smallest absolute Gasteiger partial charge is 0.170 e. The zero-order chi connectivity index (χ0) is 13.1. The molecule has 0 atom stereocenters. The van der Waals surface area contributed by atoms with Gasteiger partial charge in [0, 0.05) is 26.2 Å². The number of hydrogen-bond acceptors (Lipinski definition) is 5. The van der Waals surface area contributed by atoms with E-state index < -0.39 is 0 Å². The lowest BCUT2D eigenvalue weighted by Gasteiger charge is -2.26. The lowest BCUT2D eigenvalue weighted by atomic mass is 10.2. The number of nitrogens with one attached hydrogen (secondary N) is 1. The largest absolute Gasteiger partial charge is 0.314 e. The maximum absolute atomic E-state index is 4.15. The molecule has 1 aromatic heterocycles. The van der Waals surface area contributed by atoms with Gasteiger partial charge in [-0.15, -0.1) is 5.10 Å². The summed E-state index contributed by atoms with van der Waals surface area (Å²) in [7, 11) is 0. The zero-order valence-corrected chi connectivity index (χ0v) is 11.1. The topological polar surface area (TPSA) is 58.9 Å². The van der Waals surface area contributed by atoms with Crippen molar-refractivity contribution in [3.05, 3.63) is 35.7 Å². The van der Waals surface area contributed by atoms with E-state index in [1.54, 1.807) is 0 Å². The quantitative estimate of drug-likeness (QED) is 0.862. The average molecular weight is 258 g/mol. The molecule has 0 bridgehead atoms. The van der Waals surface area contributed by atoms with Gasteiger partial charge in [0.1, 0.15) is 0 Å². The van der Waals surface area contributed by atoms with Crippen molar-refractivity contribution < 1.29 is 0 Å². The molecule has 1 aliphatic heterocycles. The highest BCUT2D eigenvalue weighted by Gasteiger charge is 2.15. The Hall–Kier alpha value is -1.79. The van der Waals surface area contributed by atoms with Gasteiger partial charge in [0.25, 0.3) is 0 Å². The third-order valence-corrected chi connectivity index (χ3v) is 3.39. The molecule has 0 aliphatic carbocycles. The number of aryl methyl sites for hydroxylation is 1. The molecule has 100 valence electrons. The predicted octanol–water partition coefficient (Wildman–Crippen LogP) is 0.376. The number of aromatic nitrogens is 4. The van der Waals surface area contributed by atoms with Gasteiger partial charge in [0.2, 0.25) is 0 Å². The number of nitrogens with zero attached hydrogens (tertiary/aromatic N) is 5. The number of piperazine rings is 1. The van der Waals surface area contributed by atoms with Crippen LogP contribution in [0.4, 0.5) is 0 Å². The molecule has 19 heavy (non-hydrogen) atoms. The summed E-state index contributed by atoms with van der Waals surface area (Å²) < 4.78 is 1.82. The van der Waals surface area contributed by atoms with Gasteiger partial charge >= 0.3 is 0 Å². The molecule has 1 aliphatic rings. The third-order valence-electron chi connectivity index (χ3n) is 3.39. The second kappa shape index (κ2) is 5.46. The van der Waals surface area contributed by atoms with Crippen LogP contribution in [0.5, 0.6) is 0 Å². The van der Waals surface area contributed by atoms with E-state index >= 15 is 0 Å². The molecule has 0 radical (unpaired) electrons. The summed E-state index contributed by atoms with van der Waals surface area (Å²) in [5.41, 5.74) is 2.25. The van der Waals surface area contributed by atoms with Crippen molar-refractivity contribution >= 4 is 0 Å². The minimum Gasteiger partial charge on any atom is -0.314 e. The van der Waals surface area contributed by atoms with Crippen LogP contribution >= 0.6 is 0 Å². The van der Waals surface area contributed by atoms with Crippen LogP contribution in [0, 0.1) is 6.92 Å². The molecule has 2 aromatic rings. The van der Waals surface area contributed by atoms with E-state index in [9.17, 15) is 0 Å². The molecule has 3 rings (SSSR count). The summed E-state index contributed by atoms with van der Waals surface area (Å²) in [5, 5.41) is 15.4. The monoisotopic (exact) mass is 258 g/mol. The Morgan fingerprint density at radius 2 is 1.89 bits per heavy atom. The normalized spacial score (nSPS) is 16.7. The van der Waals surface area contributed by atoms with Crippen LogP contribution in [0.15, 0.2) is 24.3 Å². The Labute approximate surface area is 112 Å². The Kier molecular flexibility index (Phi) is 3.52. The summed E-state index contributed by atoms with van der Waals surface area (Å²) in [4.78, 5) is 2.37. The fraction of sp³-hybridized carbons (Fsp3) is 0.462. The molecule has 0 saturated carbocycles. The highest BCUT2D eigenvalue weighted by atomic mass is 15.5. The predicted molar refractivity (Wildman–Crippen MR) is 72.0 cm³/mol. The van der Waals surface area contributed by atoms with E-state index in [-0.39, 0.29) is 0 Å². The van der Waals surface area contributed by atoms with E-state index in [2.05, 4.69) is 44.8 Å². The minimum absolute atomic E-state index is 0.794. The number of rotatable bonds is 3. The van der Waals surface area contributed by atoms with Crippen LogP contribution in [0.3, 0.4) is 0 Å². The Balaban J connectivity index is 1.79. The lowest BCUT2D eigenvalue weighted by Crippen LogP contribution is -2.43. The summed E-state index contributed by atoms with van der Waals surface area (Å²) in [6, 6.07) is 8.25. The van der Waals surface area contributed by atoms with Gasteiger partial charge in [-0.3, -0.25) is 4.90 Å². The third kappa shape index (κ3) is 2.80. The molecule has 1 aromatic carbocycles. The average Bonchev–Trinajstić information content (AvgIpc) is 2.89. The summed E-state index contributed by atoms with van der Waals surface area (Å²) >= 11 is 0. The fourth-order valence-corrected chi connectivity index (χ4v) is 2.26. The first-order valence-electron chi connectivity index (χ1n) is 6.60. The van der Waals surface area contributed by atoms with Gasteiger partial charge in [-0.25, -0.2) is 0 Å². The molecule has 1 saturated heterocycles. The first kappa shape index (κ1) is 12.3. The molecular formula is C13H18N6. The van der Waals surface area contributed by atoms with Crippen molar-refractivity contribution in [2.24, 2.45) is 0 Å². The first-order chi connectivity index (χ1) is 9.33. The molecule has 6 heteroatoms. The maximum Gasteiger partial charge on any atom is 0.170 e. The van der Waals surface area contributed by atoms with Crippen LogP contribution in [-0.2, 0) is 6.54 Å². The summed E-state index contributed by atoms with van der Waals surface area (Å²) in [6.07, 6.45) is 0. The fourth-order valence-electron chi connectivity index (χ4n) is 2.26. The molecule has 0 unspecified atom stereocenters. The molecule has 1 N–H and O–H groups in total. The second-order valence-electron chi connectivity index (χ2n) is 4.87. The summed E-state index contributed by atoms with van der Waals surface area (Å²) in [5.74, 6) is 0.894. The van der Waals surface area contributed by atoms with Crippen LogP contribution in [0.1, 0.15) is 11.4 Å². The molecular weight excluding hydrogens is 240 g/mol. The van der Waals surface area contributed by atoms with Crippen LogP contribution in [-0.4, -0.2) is 51.3 Å². The Morgan fingerprint density at radius 1 is 1.16 bits per heavy atom. The van der Waals surface area contributed by atoms with Crippen LogP contribution in [0.2, 0.25) is 0 Å².